The van der Waals surface area contributed by atoms with E-state index in [4.69, 9.17) is 0 Å². The Bertz CT molecular complexity index is 942. The quantitative estimate of drug-likeness (QED) is 0.718. The standard InChI is InChI=1S/C24H30N4O3/c1-4-7-18-10-12-19(13-11-18)25-23(30)15-27(3)16-24(31)28-17(2)14-22(29)26-20-8-5-6-9-21(20)28/h5-6,8-13,17H,4,7,14-16H2,1-3H3,(H,25,30)(H,26,29). The number of likely N-dealkylation sites (N-methyl/N-ethyl adjacent to an activating group) is 1. The van der Waals surface area contributed by atoms with Gasteiger partial charge in [0, 0.05) is 18.2 Å². The Kier molecular flexibility index (Phi) is 7.41. The summed E-state index contributed by atoms with van der Waals surface area (Å²) in [6.45, 7) is 4.14. The number of nitrogens with one attached hydrogen (secondary N) is 2. The summed E-state index contributed by atoms with van der Waals surface area (Å²) in [5.41, 5.74) is 3.28. The first-order valence-corrected chi connectivity index (χ1v) is 10.7. The van der Waals surface area contributed by atoms with Crippen LogP contribution in [0.3, 0.4) is 0 Å². The lowest BCUT2D eigenvalue weighted by molar-refractivity contribution is -0.121. The largest absolute Gasteiger partial charge is 0.325 e. The molecule has 0 spiro atoms. The highest BCUT2D eigenvalue weighted by atomic mass is 16.2. The molecule has 2 aromatic rings. The lowest BCUT2D eigenvalue weighted by Crippen LogP contribution is -2.45. The van der Waals surface area contributed by atoms with Crippen molar-refractivity contribution in [3.63, 3.8) is 0 Å². The van der Waals surface area contributed by atoms with Crippen LogP contribution < -0.4 is 15.5 Å². The number of benzene rings is 2. The third-order valence-electron chi connectivity index (χ3n) is 5.22. The van der Waals surface area contributed by atoms with Gasteiger partial charge in [0.1, 0.15) is 0 Å². The third-order valence-corrected chi connectivity index (χ3v) is 5.22. The first kappa shape index (κ1) is 22.5. The molecule has 0 bridgehead atoms. The molecule has 1 unspecified atom stereocenters. The number of aryl methyl sites for hydroxylation is 1. The molecule has 1 atom stereocenters. The molecule has 0 aliphatic carbocycles. The molecule has 0 saturated heterocycles. The second kappa shape index (κ2) is 10.2. The molecular weight excluding hydrogens is 392 g/mol. The van der Waals surface area contributed by atoms with Crippen molar-refractivity contribution in [2.45, 2.75) is 39.2 Å². The average molecular weight is 423 g/mol. The lowest BCUT2D eigenvalue weighted by Gasteiger charge is -2.29. The van der Waals surface area contributed by atoms with Crippen LogP contribution in [0.25, 0.3) is 0 Å². The number of hydrogen-bond donors (Lipinski definition) is 2. The van der Waals surface area contributed by atoms with Crippen LogP contribution in [0.15, 0.2) is 48.5 Å². The van der Waals surface area contributed by atoms with Gasteiger partial charge in [-0.2, -0.15) is 0 Å². The van der Waals surface area contributed by atoms with Crippen LogP contribution in [0.5, 0.6) is 0 Å². The summed E-state index contributed by atoms with van der Waals surface area (Å²) in [7, 11) is 1.74. The molecule has 1 aliphatic rings. The van der Waals surface area contributed by atoms with Crippen molar-refractivity contribution in [3.8, 4) is 0 Å². The van der Waals surface area contributed by atoms with E-state index in [1.54, 1.807) is 22.9 Å². The van der Waals surface area contributed by atoms with Gasteiger partial charge < -0.3 is 15.5 Å². The van der Waals surface area contributed by atoms with Gasteiger partial charge in [-0.3, -0.25) is 19.3 Å². The van der Waals surface area contributed by atoms with Crippen molar-refractivity contribution in [3.05, 3.63) is 54.1 Å². The summed E-state index contributed by atoms with van der Waals surface area (Å²) < 4.78 is 0. The van der Waals surface area contributed by atoms with Gasteiger partial charge in [0.2, 0.25) is 17.7 Å². The number of anilines is 3. The minimum absolute atomic E-state index is 0.0652. The van der Waals surface area contributed by atoms with E-state index in [0.717, 1.165) is 18.5 Å². The third kappa shape index (κ3) is 5.92. The molecule has 1 aliphatic heterocycles. The van der Waals surface area contributed by atoms with Gasteiger partial charge in [-0.1, -0.05) is 37.6 Å². The molecule has 0 radical (unpaired) electrons. The Labute approximate surface area is 183 Å². The average Bonchev–Trinajstić information content (AvgIpc) is 2.83. The molecule has 3 amide bonds. The Morgan fingerprint density at radius 3 is 2.55 bits per heavy atom. The molecule has 0 aromatic heterocycles. The second-order valence-electron chi connectivity index (χ2n) is 8.05. The van der Waals surface area contributed by atoms with Crippen molar-refractivity contribution < 1.29 is 14.4 Å². The highest BCUT2D eigenvalue weighted by molar-refractivity contribution is 6.05. The maximum absolute atomic E-state index is 13.1. The molecule has 7 nitrogen and oxygen atoms in total. The maximum atomic E-state index is 13.1. The highest BCUT2D eigenvalue weighted by Crippen LogP contribution is 2.31. The number of carbonyl (C=O) groups is 3. The monoisotopic (exact) mass is 422 g/mol. The Balaban J connectivity index is 1.60. The van der Waals surface area contributed by atoms with Gasteiger partial charge in [0.25, 0.3) is 0 Å². The SMILES string of the molecule is CCCc1ccc(NC(=O)CN(C)CC(=O)N2c3ccccc3NC(=O)CC2C)cc1. The van der Waals surface area contributed by atoms with Crippen LogP contribution in [-0.4, -0.2) is 48.8 Å². The first-order chi connectivity index (χ1) is 14.9. The van der Waals surface area contributed by atoms with E-state index in [-0.39, 0.29) is 43.3 Å². The summed E-state index contributed by atoms with van der Waals surface area (Å²) in [6, 6.07) is 14.8. The fourth-order valence-electron chi connectivity index (χ4n) is 3.82. The molecule has 3 rings (SSSR count). The van der Waals surface area contributed by atoms with Crippen molar-refractivity contribution in [2.75, 3.05) is 35.7 Å². The van der Waals surface area contributed by atoms with Gasteiger partial charge in [0.05, 0.1) is 24.5 Å². The predicted molar refractivity (Wildman–Crippen MR) is 123 cm³/mol. The Hall–Kier alpha value is -3.19. The number of nitrogens with zero attached hydrogens (tertiary/aromatic N) is 2. The van der Waals surface area contributed by atoms with Crippen molar-refractivity contribution >= 4 is 34.8 Å². The van der Waals surface area contributed by atoms with Crippen molar-refractivity contribution in [1.82, 2.24) is 4.90 Å². The Morgan fingerprint density at radius 2 is 1.84 bits per heavy atom. The molecule has 2 aromatic carbocycles. The van der Waals surface area contributed by atoms with Gasteiger partial charge in [-0.15, -0.1) is 0 Å². The molecule has 7 heteroatoms. The fraction of sp³-hybridized carbons (Fsp3) is 0.375. The number of carbonyl (C=O) groups excluding carboxylic acids is 3. The van der Waals surface area contributed by atoms with Crippen molar-refractivity contribution in [2.24, 2.45) is 0 Å². The lowest BCUT2D eigenvalue weighted by atomic mass is 10.1. The van der Waals surface area contributed by atoms with E-state index in [9.17, 15) is 14.4 Å². The van der Waals surface area contributed by atoms with Crippen molar-refractivity contribution in [1.29, 1.82) is 0 Å². The topological polar surface area (TPSA) is 81.8 Å². The molecule has 31 heavy (non-hydrogen) atoms. The zero-order chi connectivity index (χ0) is 22.4. The second-order valence-corrected chi connectivity index (χ2v) is 8.05. The molecule has 1 heterocycles. The van der Waals surface area contributed by atoms with E-state index in [1.807, 2.05) is 49.4 Å². The van der Waals surface area contributed by atoms with Crippen LogP contribution in [-0.2, 0) is 20.8 Å². The van der Waals surface area contributed by atoms with Crippen LogP contribution in [0.4, 0.5) is 17.1 Å². The van der Waals surface area contributed by atoms with Crippen LogP contribution in [0, 0.1) is 0 Å². The number of fused-ring (bicyclic) bond motifs is 1. The number of rotatable bonds is 7. The summed E-state index contributed by atoms with van der Waals surface area (Å²) >= 11 is 0. The zero-order valence-electron chi connectivity index (χ0n) is 18.4. The maximum Gasteiger partial charge on any atom is 0.241 e. The zero-order valence-corrected chi connectivity index (χ0v) is 18.4. The number of amides is 3. The minimum Gasteiger partial charge on any atom is -0.325 e. The van der Waals surface area contributed by atoms with E-state index < -0.39 is 0 Å². The molecule has 2 N–H and O–H groups in total. The molecule has 0 saturated carbocycles. The van der Waals surface area contributed by atoms with Crippen LogP contribution >= 0.6 is 0 Å². The van der Waals surface area contributed by atoms with Crippen LogP contribution in [0.1, 0.15) is 32.3 Å². The molecule has 0 fully saturated rings. The van der Waals surface area contributed by atoms with Gasteiger partial charge in [-0.05, 0) is 50.2 Å². The van der Waals surface area contributed by atoms with E-state index in [1.165, 1.54) is 5.56 Å². The van der Waals surface area contributed by atoms with E-state index in [0.29, 0.717) is 11.4 Å². The van der Waals surface area contributed by atoms with E-state index in [2.05, 4.69) is 17.6 Å². The highest BCUT2D eigenvalue weighted by Gasteiger charge is 2.30. The summed E-state index contributed by atoms with van der Waals surface area (Å²) in [5, 5.41) is 5.73. The first-order valence-electron chi connectivity index (χ1n) is 10.7. The van der Waals surface area contributed by atoms with Gasteiger partial charge in [0.15, 0.2) is 0 Å². The molecular formula is C24H30N4O3. The minimum atomic E-state index is -0.278. The Morgan fingerprint density at radius 1 is 1.13 bits per heavy atom. The van der Waals surface area contributed by atoms with E-state index >= 15 is 0 Å². The predicted octanol–water partition coefficient (Wildman–Crippen LogP) is 3.27. The van der Waals surface area contributed by atoms with Gasteiger partial charge >= 0.3 is 0 Å². The van der Waals surface area contributed by atoms with Gasteiger partial charge in [-0.25, -0.2) is 0 Å². The summed E-state index contributed by atoms with van der Waals surface area (Å²) in [5.74, 6) is -0.455. The van der Waals surface area contributed by atoms with Crippen LogP contribution in [0.2, 0.25) is 0 Å². The number of para-hydroxylation sites is 2. The summed E-state index contributed by atoms with van der Waals surface area (Å²) in [6.07, 6.45) is 2.31. The smallest absolute Gasteiger partial charge is 0.241 e. The fourth-order valence-corrected chi connectivity index (χ4v) is 3.82. The summed E-state index contributed by atoms with van der Waals surface area (Å²) in [4.78, 5) is 40.9. The number of hydrogen-bond acceptors (Lipinski definition) is 4. The molecule has 164 valence electrons. The normalized spacial score (nSPS) is 15.8.